The topological polar surface area (TPSA) is 70.1 Å². The van der Waals surface area contributed by atoms with Crippen molar-refractivity contribution in [2.24, 2.45) is 13.0 Å². The van der Waals surface area contributed by atoms with Crippen LogP contribution in [-0.2, 0) is 18.3 Å². The van der Waals surface area contributed by atoms with Gasteiger partial charge >= 0.3 is 0 Å². The molecule has 1 aliphatic heterocycles. The molecule has 7 heteroatoms. The summed E-state index contributed by atoms with van der Waals surface area (Å²) in [5.74, 6) is 0.138. The van der Waals surface area contributed by atoms with Crippen molar-refractivity contribution in [2.45, 2.75) is 19.3 Å². The van der Waals surface area contributed by atoms with Crippen LogP contribution in [0, 0.1) is 5.92 Å². The minimum atomic E-state index is -0.0241. The maximum Gasteiger partial charge on any atom is 0.270 e. The van der Waals surface area contributed by atoms with Gasteiger partial charge in [-0.25, -0.2) is 0 Å². The highest BCUT2D eigenvalue weighted by atomic mass is 32.1. The Hall–Kier alpha value is -3.06. The normalized spacial score (nSPS) is 15.1. The van der Waals surface area contributed by atoms with Crippen LogP contribution in [0.3, 0.4) is 0 Å². The van der Waals surface area contributed by atoms with Crippen molar-refractivity contribution < 1.29 is 9.59 Å². The van der Waals surface area contributed by atoms with Crippen LogP contribution in [0.1, 0.15) is 28.9 Å². The molecule has 5 rings (SSSR count). The number of carbonyl (C=O) groups excluding carboxylic acids is 2. The van der Waals surface area contributed by atoms with Gasteiger partial charge in [-0.1, -0.05) is 18.2 Å². The number of hydrogen-bond donors (Lipinski definition) is 2. The van der Waals surface area contributed by atoms with Crippen LogP contribution < -0.4 is 5.32 Å². The van der Waals surface area contributed by atoms with Gasteiger partial charge in [0.2, 0.25) is 5.91 Å². The number of fused-ring (bicyclic) bond motifs is 2. The summed E-state index contributed by atoms with van der Waals surface area (Å²) in [4.78, 5) is 30.8. The number of aromatic nitrogens is 2. The molecule has 3 aromatic heterocycles. The highest BCUT2D eigenvalue weighted by Gasteiger charge is 2.29. The summed E-state index contributed by atoms with van der Waals surface area (Å²) in [5.41, 5.74) is 4.17. The number of piperidine rings is 1. The van der Waals surface area contributed by atoms with E-state index < -0.39 is 0 Å². The van der Waals surface area contributed by atoms with Crippen molar-refractivity contribution in [3.05, 3.63) is 59.2 Å². The zero-order chi connectivity index (χ0) is 21.4. The lowest BCUT2D eigenvalue weighted by Crippen LogP contribution is -2.43. The maximum atomic E-state index is 13.0. The fraction of sp³-hybridized carbons (Fsp3) is 0.333. The van der Waals surface area contributed by atoms with Crippen LogP contribution in [0.2, 0.25) is 0 Å². The van der Waals surface area contributed by atoms with Crippen LogP contribution in [0.15, 0.2) is 48.0 Å². The zero-order valence-electron chi connectivity index (χ0n) is 17.6. The Morgan fingerprint density at radius 1 is 1.19 bits per heavy atom. The molecule has 160 valence electrons. The number of amides is 2. The number of hydrogen-bond acceptors (Lipinski definition) is 3. The lowest BCUT2D eigenvalue weighted by molar-refractivity contribution is -0.126. The van der Waals surface area contributed by atoms with E-state index in [2.05, 4.69) is 22.4 Å². The van der Waals surface area contributed by atoms with Gasteiger partial charge in [-0.15, -0.1) is 11.3 Å². The number of aromatic amines is 1. The number of H-pyrrole nitrogens is 1. The summed E-state index contributed by atoms with van der Waals surface area (Å²) in [5, 5.41) is 6.35. The molecule has 1 aliphatic rings. The van der Waals surface area contributed by atoms with Gasteiger partial charge in [-0.05, 0) is 48.4 Å². The number of nitrogens with zero attached hydrogens (tertiary/aromatic N) is 2. The molecular weight excluding hydrogens is 408 g/mol. The molecule has 4 aromatic rings. The number of para-hydroxylation sites is 1. The Kier molecular flexibility index (Phi) is 5.28. The zero-order valence-corrected chi connectivity index (χ0v) is 18.4. The average Bonchev–Trinajstić information content (AvgIpc) is 3.50. The number of nitrogens with one attached hydrogen (secondary N) is 2. The van der Waals surface area contributed by atoms with Gasteiger partial charge in [0.05, 0.1) is 10.2 Å². The number of rotatable bonds is 5. The number of likely N-dealkylation sites (tertiary alicyclic amines) is 1. The van der Waals surface area contributed by atoms with Gasteiger partial charge in [0.15, 0.2) is 0 Å². The third kappa shape index (κ3) is 3.74. The summed E-state index contributed by atoms with van der Waals surface area (Å²) < 4.78 is 3.10. The van der Waals surface area contributed by atoms with Crippen molar-refractivity contribution in [1.82, 2.24) is 19.8 Å². The third-order valence-corrected chi connectivity index (χ3v) is 7.26. The van der Waals surface area contributed by atoms with Gasteiger partial charge in [-0.3, -0.25) is 9.59 Å². The number of thiophene rings is 1. The Morgan fingerprint density at radius 2 is 2.00 bits per heavy atom. The molecule has 0 spiro atoms. The molecule has 0 atom stereocenters. The second kappa shape index (κ2) is 8.23. The number of carbonyl (C=O) groups is 2. The van der Waals surface area contributed by atoms with Gasteiger partial charge in [0.25, 0.3) is 5.91 Å². The molecule has 0 unspecified atom stereocenters. The predicted molar refractivity (Wildman–Crippen MR) is 124 cm³/mol. The van der Waals surface area contributed by atoms with E-state index in [-0.39, 0.29) is 17.7 Å². The fourth-order valence-corrected chi connectivity index (χ4v) is 5.41. The third-order valence-electron chi connectivity index (χ3n) is 6.40. The molecule has 6 nitrogen and oxygen atoms in total. The lowest BCUT2D eigenvalue weighted by atomic mass is 9.95. The molecule has 4 heterocycles. The van der Waals surface area contributed by atoms with Crippen LogP contribution in [0.4, 0.5) is 0 Å². The van der Waals surface area contributed by atoms with Crippen molar-refractivity contribution in [2.75, 3.05) is 19.6 Å². The van der Waals surface area contributed by atoms with E-state index in [0.717, 1.165) is 27.8 Å². The second-order valence-electron chi connectivity index (χ2n) is 8.23. The minimum absolute atomic E-state index is 0.0241. The first kappa shape index (κ1) is 19.9. The van der Waals surface area contributed by atoms with E-state index in [9.17, 15) is 9.59 Å². The highest BCUT2D eigenvalue weighted by molar-refractivity contribution is 7.17. The van der Waals surface area contributed by atoms with Crippen molar-refractivity contribution in [1.29, 1.82) is 0 Å². The standard InChI is InChI=1S/C24H26N4O2S/c1-27-20-9-13-31-22(20)14-21(27)24(30)28-11-7-16(8-12-28)23(29)25-10-6-17-15-26-19-5-3-2-4-18(17)19/h2-5,9,13-16,26H,6-8,10-12H2,1H3,(H,25,29). The van der Waals surface area contributed by atoms with Crippen LogP contribution in [0.25, 0.3) is 21.1 Å². The van der Waals surface area contributed by atoms with Crippen molar-refractivity contribution in [3.8, 4) is 0 Å². The largest absolute Gasteiger partial charge is 0.361 e. The SMILES string of the molecule is Cn1c(C(=O)N2CCC(C(=O)NCCc3c[nH]c4ccccc34)CC2)cc2sccc21. The quantitative estimate of drug-likeness (QED) is 0.500. The van der Waals surface area contributed by atoms with Crippen molar-refractivity contribution >= 4 is 44.3 Å². The van der Waals surface area contributed by atoms with Gasteiger partial charge in [0, 0.05) is 49.7 Å². The first-order valence-electron chi connectivity index (χ1n) is 10.8. The molecule has 31 heavy (non-hydrogen) atoms. The molecule has 1 saturated heterocycles. The highest BCUT2D eigenvalue weighted by Crippen LogP contribution is 2.26. The van der Waals surface area contributed by atoms with E-state index in [1.165, 1.54) is 10.9 Å². The number of benzene rings is 1. The molecule has 0 saturated carbocycles. The van der Waals surface area contributed by atoms with Crippen LogP contribution in [-0.4, -0.2) is 45.9 Å². The van der Waals surface area contributed by atoms with E-state index >= 15 is 0 Å². The Labute approximate surface area is 184 Å². The van der Waals surface area contributed by atoms with Crippen molar-refractivity contribution in [3.63, 3.8) is 0 Å². The molecule has 2 amide bonds. The predicted octanol–water partition coefficient (Wildman–Crippen LogP) is 3.93. The van der Waals surface area contributed by atoms with Gasteiger partial charge < -0.3 is 19.8 Å². The molecular formula is C24H26N4O2S. The summed E-state index contributed by atoms with van der Waals surface area (Å²) in [6.07, 6.45) is 4.25. The first-order valence-corrected chi connectivity index (χ1v) is 11.6. The summed E-state index contributed by atoms with van der Waals surface area (Å²) in [6.45, 7) is 1.87. The second-order valence-corrected chi connectivity index (χ2v) is 9.17. The van der Waals surface area contributed by atoms with Crippen LogP contribution >= 0.6 is 11.3 Å². The van der Waals surface area contributed by atoms with E-state index in [1.807, 2.05) is 52.4 Å². The molecule has 0 bridgehead atoms. The molecule has 1 fully saturated rings. The fourth-order valence-electron chi connectivity index (χ4n) is 4.57. The summed E-state index contributed by atoms with van der Waals surface area (Å²) in [7, 11) is 1.94. The molecule has 0 aliphatic carbocycles. The first-order chi connectivity index (χ1) is 15.1. The Morgan fingerprint density at radius 3 is 2.81 bits per heavy atom. The van der Waals surface area contributed by atoms with E-state index in [4.69, 9.17) is 0 Å². The van der Waals surface area contributed by atoms with Gasteiger partial charge in [-0.2, -0.15) is 0 Å². The Bertz CT molecular complexity index is 1240. The summed E-state index contributed by atoms with van der Waals surface area (Å²) in [6, 6.07) is 12.2. The lowest BCUT2D eigenvalue weighted by Gasteiger charge is -2.31. The smallest absolute Gasteiger partial charge is 0.270 e. The maximum absolute atomic E-state index is 13.0. The number of aryl methyl sites for hydroxylation is 1. The molecule has 1 aromatic carbocycles. The monoisotopic (exact) mass is 434 g/mol. The van der Waals surface area contributed by atoms with E-state index in [1.54, 1.807) is 11.3 Å². The Balaban J connectivity index is 1.13. The van der Waals surface area contributed by atoms with Crippen LogP contribution in [0.5, 0.6) is 0 Å². The van der Waals surface area contributed by atoms with E-state index in [0.29, 0.717) is 32.5 Å². The minimum Gasteiger partial charge on any atom is -0.361 e. The molecule has 0 radical (unpaired) electrons. The van der Waals surface area contributed by atoms with Gasteiger partial charge in [0.1, 0.15) is 5.69 Å². The summed E-state index contributed by atoms with van der Waals surface area (Å²) >= 11 is 1.65. The molecule has 2 N–H and O–H groups in total. The average molecular weight is 435 g/mol.